The average molecular weight is 249 g/mol. The van der Waals surface area contributed by atoms with Crippen LogP contribution in [0.2, 0.25) is 0 Å². The maximum Gasteiger partial charge on any atom is 0.233 e. The monoisotopic (exact) mass is 248 g/mol. The molecule has 0 aliphatic carbocycles. The van der Waals surface area contributed by atoms with Gasteiger partial charge in [0.2, 0.25) is 5.91 Å². The van der Waals surface area contributed by atoms with Crippen molar-refractivity contribution in [2.24, 2.45) is 11.7 Å². The Balaban J connectivity index is 2.45. The topological polar surface area (TPSA) is 46.3 Å². The maximum atomic E-state index is 11.3. The summed E-state index contributed by atoms with van der Waals surface area (Å²) in [4.78, 5) is 13.2. The molecule has 2 unspecified atom stereocenters. The van der Waals surface area contributed by atoms with E-state index in [0.717, 1.165) is 25.9 Å². The Morgan fingerprint density at radius 2 is 2.38 bits per heavy atom. The van der Waals surface area contributed by atoms with E-state index >= 15 is 0 Å². The number of hydrogen-bond acceptors (Lipinski definition) is 2. The Bertz CT molecular complexity index is 186. The molecule has 1 aliphatic rings. The highest BCUT2D eigenvalue weighted by Gasteiger charge is 2.27. The molecule has 0 aromatic carbocycles. The summed E-state index contributed by atoms with van der Waals surface area (Å²) in [6.45, 7) is 3.76. The molecule has 4 heteroatoms. The second kappa shape index (κ2) is 4.96. The van der Waals surface area contributed by atoms with Crippen LogP contribution >= 0.6 is 15.9 Å². The van der Waals surface area contributed by atoms with Crippen molar-refractivity contribution in [3.8, 4) is 0 Å². The third kappa shape index (κ3) is 2.68. The van der Waals surface area contributed by atoms with Crippen molar-refractivity contribution < 1.29 is 4.79 Å². The van der Waals surface area contributed by atoms with Gasteiger partial charge in [-0.05, 0) is 12.3 Å². The van der Waals surface area contributed by atoms with Gasteiger partial charge in [-0.1, -0.05) is 29.3 Å². The van der Waals surface area contributed by atoms with Crippen molar-refractivity contribution >= 4 is 21.8 Å². The molecule has 1 fully saturated rings. The van der Waals surface area contributed by atoms with Crippen molar-refractivity contribution in [2.75, 3.05) is 18.4 Å². The summed E-state index contributed by atoms with van der Waals surface area (Å²) >= 11 is 3.17. The molecule has 0 spiro atoms. The van der Waals surface area contributed by atoms with Crippen LogP contribution in [0.1, 0.15) is 19.8 Å². The van der Waals surface area contributed by atoms with Crippen LogP contribution in [0.4, 0.5) is 0 Å². The highest BCUT2D eigenvalue weighted by molar-refractivity contribution is 9.09. The van der Waals surface area contributed by atoms with E-state index in [9.17, 15) is 4.79 Å². The van der Waals surface area contributed by atoms with Gasteiger partial charge in [-0.3, -0.25) is 4.79 Å². The first-order valence-corrected chi connectivity index (χ1v) is 5.90. The van der Waals surface area contributed by atoms with Crippen LogP contribution < -0.4 is 5.73 Å². The molecule has 0 aromatic heterocycles. The van der Waals surface area contributed by atoms with Crippen LogP contribution in [-0.2, 0) is 4.79 Å². The number of amides is 1. The lowest BCUT2D eigenvalue weighted by Gasteiger charge is -2.36. The zero-order chi connectivity index (χ0) is 9.84. The Kier molecular flexibility index (Phi) is 4.19. The Labute approximate surface area is 87.8 Å². The third-order valence-corrected chi connectivity index (χ3v) is 3.28. The van der Waals surface area contributed by atoms with E-state index in [4.69, 9.17) is 5.73 Å². The first-order valence-electron chi connectivity index (χ1n) is 4.78. The molecule has 0 radical (unpaired) electrons. The van der Waals surface area contributed by atoms with E-state index in [-0.39, 0.29) is 11.9 Å². The lowest BCUT2D eigenvalue weighted by molar-refractivity contribution is -0.130. The van der Waals surface area contributed by atoms with Gasteiger partial charge in [-0.2, -0.15) is 0 Å². The molecular formula is C9H17BrN2O. The maximum absolute atomic E-state index is 11.3. The molecule has 0 aromatic rings. The summed E-state index contributed by atoms with van der Waals surface area (Å²) in [6.07, 6.45) is 2.17. The fourth-order valence-electron chi connectivity index (χ4n) is 1.85. The predicted molar refractivity (Wildman–Crippen MR) is 56.7 cm³/mol. The molecule has 3 nitrogen and oxygen atoms in total. The number of alkyl halides is 1. The Hall–Kier alpha value is -0.0900. The number of likely N-dealkylation sites (tertiary alicyclic amines) is 1. The lowest BCUT2D eigenvalue weighted by Crippen LogP contribution is -2.50. The van der Waals surface area contributed by atoms with Gasteiger partial charge in [0, 0.05) is 19.1 Å². The lowest BCUT2D eigenvalue weighted by atomic mass is 9.90. The van der Waals surface area contributed by atoms with Gasteiger partial charge in [-0.25, -0.2) is 0 Å². The first-order chi connectivity index (χ1) is 6.19. The van der Waals surface area contributed by atoms with Crippen molar-refractivity contribution in [1.29, 1.82) is 0 Å². The van der Waals surface area contributed by atoms with Crippen LogP contribution in [0.3, 0.4) is 0 Å². The number of hydrogen-bond donors (Lipinski definition) is 1. The summed E-state index contributed by atoms with van der Waals surface area (Å²) in [5.74, 6) is 0.754. The SMILES string of the molecule is CCC1CCN(C(=O)CBr)CC1N. The number of rotatable bonds is 2. The molecule has 1 rings (SSSR count). The van der Waals surface area contributed by atoms with Gasteiger partial charge in [0.15, 0.2) is 0 Å². The molecule has 0 saturated carbocycles. The van der Waals surface area contributed by atoms with E-state index in [1.165, 1.54) is 0 Å². The first kappa shape index (κ1) is 11.0. The molecule has 1 heterocycles. The number of piperidine rings is 1. The van der Waals surface area contributed by atoms with E-state index < -0.39 is 0 Å². The summed E-state index contributed by atoms with van der Waals surface area (Å²) in [6, 6.07) is 0.168. The summed E-state index contributed by atoms with van der Waals surface area (Å²) in [5, 5.41) is 0.413. The van der Waals surface area contributed by atoms with Crippen molar-refractivity contribution in [3.63, 3.8) is 0 Å². The quantitative estimate of drug-likeness (QED) is 0.741. The van der Waals surface area contributed by atoms with E-state index in [1.807, 2.05) is 4.90 Å². The van der Waals surface area contributed by atoms with Crippen LogP contribution in [0, 0.1) is 5.92 Å². The normalized spacial score (nSPS) is 29.0. The molecular weight excluding hydrogens is 232 g/mol. The minimum Gasteiger partial charge on any atom is -0.340 e. The molecule has 1 aliphatic heterocycles. The van der Waals surface area contributed by atoms with Gasteiger partial charge < -0.3 is 10.6 Å². The van der Waals surface area contributed by atoms with Crippen molar-refractivity contribution in [1.82, 2.24) is 4.90 Å². The summed E-state index contributed by atoms with van der Waals surface area (Å²) in [5.41, 5.74) is 5.96. The van der Waals surface area contributed by atoms with Crippen molar-refractivity contribution in [2.45, 2.75) is 25.8 Å². The minimum absolute atomic E-state index is 0.157. The fourth-order valence-corrected chi connectivity index (χ4v) is 2.20. The highest BCUT2D eigenvalue weighted by Crippen LogP contribution is 2.19. The van der Waals surface area contributed by atoms with Gasteiger partial charge in [0.1, 0.15) is 0 Å². The van der Waals surface area contributed by atoms with Gasteiger partial charge in [0.25, 0.3) is 0 Å². The Morgan fingerprint density at radius 1 is 1.69 bits per heavy atom. The molecule has 2 N–H and O–H groups in total. The molecule has 2 atom stereocenters. The number of halogens is 1. The molecule has 1 amide bonds. The fraction of sp³-hybridized carbons (Fsp3) is 0.889. The molecule has 1 saturated heterocycles. The standard InChI is InChI=1S/C9H17BrN2O/c1-2-7-3-4-12(6-8(7)11)9(13)5-10/h7-8H,2-6,11H2,1H3. The average Bonchev–Trinajstić information content (AvgIpc) is 2.16. The number of nitrogens with two attached hydrogens (primary N) is 1. The van der Waals surface area contributed by atoms with Gasteiger partial charge in [0.05, 0.1) is 5.33 Å². The Morgan fingerprint density at radius 3 is 2.85 bits per heavy atom. The third-order valence-electron chi connectivity index (χ3n) is 2.80. The summed E-state index contributed by atoms with van der Waals surface area (Å²) in [7, 11) is 0. The number of nitrogens with zero attached hydrogens (tertiary/aromatic N) is 1. The second-order valence-corrected chi connectivity index (χ2v) is 4.15. The van der Waals surface area contributed by atoms with E-state index in [0.29, 0.717) is 11.2 Å². The van der Waals surface area contributed by atoms with E-state index in [1.54, 1.807) is 0 Å². The van der Waals surface area contributed by atoms with Gasteiger partial charge in [-0.15, -0.1) is 0 Å². The largest absolute Gasteiger partial charge is 0.340 e. The molecule has 13 heavy (non-hydrogen) atoms. The van der Waals surface area contributed by atoms with Crippen LogP contribution in [-0.4, -0.2) is 35.3 Å². The molecule has 0 bridgehead atoms. The predicted octanol–water partition coefficient (Wildman–Crippen LogP) is 0.967. The number of carbonyl (C=O) groups excluding carboxylic acids is 1. The van der Waals surface area contributed by atoms with Crippen LogP contribution in [0.5, 0.6) is 0 Å². The summed E-state index contributed by atoms with van der Waals surface area (Å²) < 4.78 is 0. The van der Waals surface area contributed by atoms with Crippen LogP contribution in [0.25, 0.3) is 0 Å². The van der Waals surface area contributed by atoms with Crippen LogP contribution in [0.15, 0.2) is 0 Å². The van der Waals surface area contributed by atoms with Gasteiger partial charge >= 0.3 is 0 Å². The van der Waals surface area contributed by atoms with Crippen molar-refractivity contribution in [3.05, 3.63) is 0 Å². The zero-order valence-electron chi connectivity index (χ0n) is 8.00. The highest BCUT2D eigenvalue weighted by atomic mass is 79.9. The van der Waals surface area contributed by atoms with E-state index in [2.05, 4.69) is 22.9 Å². The zero-order valence-corrected chi connectivity index (χ0v) is 9.59. The minimum atomic E-state index is 0.157. The molecule has 76 valence electrons. The smallest absolute Gasteiger partial charge is 0.233 e. The second-order valence-electron chi connectivity index (χ2n) is 3.59. The number of carbonyl (C=O) groups is 1.